The lowest BCUT2D eigenvalue weighted by Crippen LogP contribution is -2.22. The number of amides is 1. The Bertz CT molecular complexity index is 678. The van der Waals surface area contributed by atoms with Crippen LogP contribution in [0.4, 0.5) is 0 Å². The molecule has 1 aliphatic heterocycles. The molecule has 3 rings (SSSR count). The first-order valence-corrected chi connectivity index (χ1v) is 7.02. The van der Waals surface area contributed by atoms with E-state index in [1.807, 2.05) is 30.3 Å². The Hall–Kier alpha value is -1.79. The van der Waals surface area contributed by atoms with Crippen LogP contribution in [0.25, 0.3) is 10.9 Å². The summed E-state index contributed by atoms with van der Waals surface area (Å²) in [7, 11) is 0. The van der Waals surface area contributed by atoms with Gasteiger partial charge in [0.15, 0.2) is 4.32 Å². The number of hydrogen-bond donors (Lipinski definition) is 0. The van der Waals surface area contributed by atoms with Crippen LogP contribution in [0.3, 0.4) is 0 Å². The smallest absolute Gasteiger partial charge is 0.259 e. The zero-order chi connectivity index (χ0) is 13.2. The van der Waals surface area contributed by atoms with Crippen LogP contribution in [0, 0.1) is 0 Å². The van der Waals surface area contributed by atoms with E-state index in [2.05, 4.69) is 10.1 Å². The van der Waals surface area contributed by atoms with Gasteiger partial charge < -0.3 is 0 Å². The largest absolute Gasteiger partial charge is 0.272 e. The maximum atomic E-state index is 11.6. The summed E-state index contributed by atoms with van der Waals surface area (Å²) >= 11 is 6.40. The highest BCUT2D eigenvalue weighted by Crippen LogP contribution is 2.20. The Morgan fingerprint density at radius 2 is 2.21 bits per heavy atom. The average Bonchev–Trinajstić information content (AvgIpc) is 2.76. The molecule has 19 heavy (non-hydrogen) atoms. The SMILES string of the molecule is O=C1CSC(=S)N1N=Cc1cccc2cccnc12. The minimum atomic E-state index is -0.0838. The summed E-state index contributed by atoms with van der Waals surface area (Å²) in [4.78, 5) is 15.9. The number of hydrazone groups is 1. The van der Waals surface area contributed by atoms with Gasteiger partial charge in [-0.3, -0.25) is 9.78 Å². The van der Waals surface area contributed by atoms with E-state index >= 15 is 0 Å². The van der Waals surface area contributed by atoms with Gasteiger partial charge >= 0.3 is 0 Å². The van der Waals surface area contributed by atoms with Crippen LogP contribution in [-0.2, 0) is 4.79 Å². The maximum Gasteiger partial charge on any atom is 0.259 e. The number of thiocarbonyl (C=S) groups is 1. The zero-order valence-electron chi connectivity index (χ0n) is 9.81. The van der Waals surface area contributed by atoms with Gasteiger partial charge in [-0.25, -0.2) is 0 Å². The van der Waals surface area contributed by atoms with E-state index in [0.29, 0.717) is 10.1 Å². The molecular weight excluding hydrogens is 278 g/mol. The monoisotopic (exact) mass is 287 g/mol. The second-order valence-electron chi connectivity index (χ2n) is 3.93. The lowest BCUT2D eigenvalue weighted by atomic mass is 10.1. The summed E-state index contributed by atoms with van der Waals surface area (Å²) in [6.45, 7) is 0. The Balaban J connectivity index is 1.97. The number of rotatable bonds is 2. The minimum absolute atomic E-state index is 0.0838. The molecule has 1 aliphatic rings. The molecule has 1 aromatic heterocycles. The first-order valence-electron chi connectivity index (χ1n) is 5.63. The van der Waals surface area contributed by atoms with Crippen molar-refractivity contribution >= 4 is 51.3 Å². The van der Waals surface area contributed by atoms with Crippen LogP contribution >= 0.6 is 24.0 Å². The van der Waals surface area contributed by atoms with Crippen molar-refractivity contribution in [2.45, 2.75) is 0 Å². The molecule has 1 amide bonds. The van der Waals surface area contributed by atoms with Crippen molar-refractivity contribution in [1.29, 1.82) is 0 Å². The fourth-order valence-corrected chi connectivity index (χ4v) is 2.78. The highest BCUT2D eigenvalue weighted by Gasteiger charge is 2.25. The van der Waals surface area contributed by atoms with Crippen LogP contribution in [0.1, 0.15) is 5.56 Å². The fraction of sp³-hybridized carbons (Fsp3) is 0.0769. The van der Waals surface area contributed by atoms with Gasteiger partial charge in [-0.15, -0.1) is 0 Å². The number of para-hydroxylation sites is 1. The first-order chi connectivity index (χ1) is 9.25. The second-order valence-corrected chi connectivity index (χ2v) is 5.54. The van der Waals surface area contributed by atoms with Crippen molar-refractivity contribution in [1.82, 2.24) is 9.99 Å². The topological polar surface area (TPSA) is 45.6 Å². The molecular formula is C13H9N3OS2. The van der Waals surface area contributed by atoms with Crippen LogP contribution in [0.15, 0.2) is 41.6 Å². The van der Waals surface area contributed by atoms with Crippen LogP contribution in [-0.4, -0.2) is 32.2 Å². The summed E-state index contributed by atoms with van der Waals surface area (Å²) in [5.74, 6) is 0.281. The normalized spacial score (nSPS) is 15.9. The molecule has 0 unspecified atom stereocenters. The first kappa shape index (κ1) is 12.3. The van der Waals surface area contributed by atoms with Gasteiger partial charge in [0.05, 0.1) is 17.5 Å². The van der Waals surface area contributed by atoms with Crippen molar-refractivity contribution in [2.24, 2.45) is 5.10 Å². The molecule has 6 heteroatoms. The van der Waals surface area contributed by atoms with Gasteiger partial charge in [0, 0.05) is 17.1 Å². The van der Waals surface area contributed by atoms with E-state index in [0.717, 1.165) is 16.5 Å². The molecule has 2 aromatic rings. The lowest BCUT2D eigenvalue weighted by Gasteiger charge is -2.07. The van der Waals surface area contributed by atoms with Crippen LogP contribution in [0.5, 0.6) is 0 Å². The number of fused-ring (bicyclic) bond motifs is 1. The van der Waals surface area contributed by atoms with Gasteiger partial charge in [-0.2, -0.15) is 10.1 Å². The summed E-state index contributed by atoms with van der Waals surface area (Å²) in [5, 5.41) is 6.47. The average molecular weight is 287 g/mol. The summed E-state index contributed by atoms with van der Waals surface area (Å²) in [5.41, 5.74) is 1.73. The van der Waals surface area contributed by atoms with E-state index in [9.17, 15) is 4.79 Å². The number of hydrogen-bond acceptors (Lipinski definition) is 5. The van der Waals surface area contributed by atoms with Gasteiger partial charge in [0.2, 0.25) is 0 Å². The molecule has 0 spiro atoms. The number of benzene rings is 1. The highest BCUT2D eigenvalue weighted by molar-refractivity contribution is 8.23. The zero-order valence-corrected chi connectivity index (χ0v) is 11.4. The minimum Gasteiger partial charge on any atom is -0.272 e. The molecule has 0 bridgehead atoms. The predicted octanol–water partition coefficient (Wildman–Crippen LogP) is 2.43. The number of pyridine rings is 1. The van der Waals surface area contributed by atoms with E-state index in [4.69, 9.17) is 12.2 Å². The van der Waals surface area contributed by atoms with Gasteiger partial charge in [-0.05, 0) is 6.07 Å². The van der Waals surface area contributed by atoms with Crippen molar-refractivity contribution in [3.05, 3.63) is 42.1 Å². The molecule has 2 heterocycles. The molecule has 0 N–H and O–H groups in total. The Labute approximate surface area is 119 Å². The molecule has 0 saturated carbocycles. The molecule has 0 aliphatic carbocycles. The predicted molar refractivity (Wildman–Crippen MR) is 81.2 cm³/mol. The third kappa shape index (κ3) is 2.36. The standard InChI is InChI=1S/C13H9N3OS2/c17-11-8-19-13(18)16(11)15-7-10-4-1-3-9-5-2-6-14-12(9)10/h1-7H,8H2. The van der Waals surface area contributed by atoms with Crippen molar-refractivity contribution in [3.63, 3.8) is 0 Å². The highest BCUT2D eigenvalue weighted by atomic mass is 32.2. The third-order valence-corrected chi connectivity index (χ3v) is 4.04. The number of thioether (sulfide) groups is 1. The van der Waals surface area contributed by atoms with Crippen LogP contribution < -0.4 is 0 Å². The molecule has 94 valence electrons. The van der Waals surface area contributed by atoms with E-state index in [-0.39, 0.29) is 5.91 Å². The Morgan fingerprint density at radius 1 is 1.37 bits per heavy atom. The second kappa shape index (κ2) is 5.07. The quantitative estimate of drug-likeness (QED) is 0.628. The van der Waals surface area contributed by atoms with Crippen molar-refractivity contribution in [2.75, 3.05) is 5.75 Å². The van der Waals surface area contributed by atoms with Gasteiger partial charge in [-0.1, -0.05) is 48.2 Å². The number of carbonyl (C=O) groups is 1. The maximum absolute atomic E-state index is 11.6. The molecule has 0 atom stereocenters. The van der Waals surface area contributed by atoms with Gasteiger partial charge in [0.25, 0.3) is 5.91 Å². The van der Waals surface area contributed by atoms with E-state index in [1.54, 1.807) is 12.4 Å². The Kier molecular flexibility index (Phi) is 3.27. The summed E-state index contributed by atoms with van der Waals surface area (Å²) in [6, 6.07) is 9.71. The van der Waals surface area contributed by atoms with E-state index in [1.165, 1.54) is 16.8 Å². The third-order valence-electron chi connectivity index (χ3n) is 2.70. The van der Waals surface area contributed by atoms with Gasteiger partial charge in [0.1, 0.15) is 0 Å². The number of aromatic nitrogens is 1. The number of carbonyl (C=O) groups excluding carboxylic acids is 1. The van der Waals surface area contributed by atoms with Crippen molar-refractivity contribution in [3.8, 4) is 0 Å². The molecule has 1 aromatic carbocycles. The fourth-order valence-electron chi connectivity index (χ4n) is 1.81. The number of nitrogens with zero attached hydrogens (tertiary/aromatic N) is 3. The molecule has 4 nitrogen and oxygen atoms in total. The van der Waals surface area contributed by atoms with Crippen LogP contribution in [0.2, 0.25) is 0 Å². The van der Waals surface area contributed by atoms with E-state index < -0.39 is 0 Å². The lowest BCUT2D eigenvalue weighted by molar-refractivity contribution is -0.123. The Morgan fingerprint density at radius 3 is 3.00 bits per heavy atom. The van der Waals surface area contributed by atoms with Crippen molar-refractivity contribution < 1.29 is 4.79 Å². The summed E-state index contributed by atoms with van der Waals surface area (Å²) < 4.78 is 0.495. The molecule has 0 radical (unpaired) electrons. The summed E-state index contributed by atoms with van der Waals surface area (Å²) in [6.07, 6.45) is 3.37. The molecule has 1 saturated heterocycles. The molecule has 1 fully saturated rings.